The van der Waals surface area contributed by atoms with Crippen molar-refractivity contribution in [3.8, 4) is 0 Å². The lowest BCUT2D eigenvalue weighted by atomic mass is 10.1. The van der Waals surface area contributed by atoms with Crippen LogP contribution in [0.15, 0.2) is 76.5 Å². The van der Waals surface area contributed by atoms with Gasteiger partial charge in [-0.05, 0) is 55.6 Å². The van der Waals surface area contributed by atoms with Crippen LogP contribution in [0, 0.1) is 11.6 Å². The molecule has 3 nitrogen and oxygen atoms in total. The van der Waals surface area contributed by atoms with Gasteiger partial charge in [0, 0.05) is 16.1 Å². The van der Waals surface area contributed by atoms with Gasteiger partial charge in [0.25, 0.3) is 0 Å². The number of halogens is 2. The number of benzene rings is 3. The lowest BCUT2D eigenvalue weighted by Crippen LogP contribution is -2.13. The van der Waals surface area contributed by atoms with E-state index in [0.29, 0.717) is 16.9 Å². The second-order valence-electron chi connectivity index (χ2n) is 6.13. The molecule has 0 aromatic heterocycles. The number of anilines is 2. The third-order valence-electron chi connectivity index (χ3n) is 4.17. The number of hydrogen-bond acceptors (Lipinski definition) is 3. The Morgan fingerprint density at radius 3 is 2.54 bits per heavy atom. The molecule has 0 aliphatic heterocycles. The molecule has 0 radical (unpaired) electrons. The highest BCUT2D eigenvalue weighted by Crippen LogP contribution is 2.28. The molecular weight excluding hydrogens is 398 g/mol. The Kier molecular flexibility index (Phi) is 6.70. The first-order valence-electron chi connectivity index (χ1n) is 8.61. The molecule has 3 aromatic carbocycles. The van der Waals surface area contributed by atoms with E-state index in [4.69, 9.17) is 0 Å². The normalized spacial score (nSPS) is 13.0. The van der Waals surface area contributed by atoms with Crippen LogP contribution in [0.5, 0.6) is 0 Å². The maximum Gasteiger partial charge on any atom is 0.152 e. The van der Waals surface area contributed by atoms with Crippen LogP contribution in [-0.4, -0.2) is 10.5 Å². The Morgan fingerprint density at radius 1 is 1.00 bits per heavy atom. The second kappa shape index (κ2) is 9.21. The quantitative estimate of drug-likeness (QED) is 0.463. The second-order valence-corrected chi connectivity index (χ2v) is 8.19. The zero-order valence-electron chi connectivity index (χ0n) is 15.4. The largest absolute Gasteiger partial charge is 0.377 e. The van der Waals surface area contributed by atoms with Crippen molar-refractivity contribution < 1.29 is 13.0 Å². The minimum Gasteiger partial charge on any atom is -0.377 e. The van der Waals surface area contributed by atoms with Crippen LogP contribution >= 0.6 is 11.8 Å². The minimum atomic E-state index is -1.70. The van der Waals surface area contributed by atoms with Crippen LogP contribution in [0.1, 0.15) is 18.5 Å². The lowest BCUT2D eigenvalue weighted by Gasteiger charge is -2.19. The Balaban J connectivity index is 1.85. The summed E-state index contributed by atoms with van der Waals surface area (Å²) in [5, 5.41) is 3.14. The summed E-state index contributed by atoms with van der Waals surface area (Å²) < 4.78 is 43.7. The Bertz CT molecular complexity index is 998. The van der Waals surface area contributed by atoms with Crippen molar-refractivity contribution in [2.75, 3.05) is 16.3 Å². The molecule has 0 amide bonds. The molecule has 0 saturated carbocycles. The van der Waals surface area contributed by atoms with Gasteiger partial charge in [0.05, 0.1) is 16.6 Å². The molecule has 0 bridgehead atoms. The van der Waals surface area contributed by atoms with Crippen molar-refractivity contribution in [1.82, 2.24) is 0 Å². The molecular formula is C21H20F2N2OS2. The summed E-state index contributed by atoms with van der Waals surface area (Å²) in [6, 6.07) is 17.5. The third kappa shape index (κ3) is 4.91. The summed E-state index contributed by atoms with van der Waals surface area (Å²) in [4.78, 5) is 1.28. The zero-order valence-corrected chi connectivity index (χ0v) is 17.0. The van der Waals surface area contributed by atoms with Gasteiger partial charge in [-0.2, -0.15) is 0 Å². The van der Waals surface area contributed by atoms with Gasteiger partial charge >= 0.3 is 0 Å². The van der Waals surface area contributed by atoms with E-state index < -0.39 is 16.8 Å². The number of hydrogen-bond donors (Lipinski definition) is 2. The molecule has 0 spiro atoms. The third-order valence-corrected chi connectivity index (χ3v) is 6.05. The van der Waals surface area contributed by atoms with E-state index in [-0.39, 0.29) is 16.8 Å². The lowest BCUT2D eigenvalue weighted by molar-refractivity contribution is 0.599. The summed E-state index contributed by atoms with van der Waals surface area (Å²) in [5.74, 6) is -0.827. The molecule has 0 heterocycles. The van der Waals surface area contributed by atoms with E-state index in [9.17, 15) is 13.0 Å². The van der Waals surface area contributed by atoms with Crippen LogP contribution in [0.4, 0.5) is 20.2 Å². The molecule has 0 aliphatic carbocycles. The fraction of sp³-hybridized carbons (Fsp3) is 0.143. The minimum absolute atomic E-state index is 0.262. The standard InChI is InChI=1S/C21H20F2N2OS2/c1-14(18-8-3-4-9-19(18)23)24-20-11-10-15(22)12-21(20)28(26)25-16-6-5-7-17(13-16)27-2/h3-14,24-25H,1-2H3. The average Bonchev–Trinajstić information content (AvgIpc) is 2.69. The van der Waals surface area contributed by atoms with Crippen LogP contribution in [-0.2, 0) is 11.0 Å². The van der Waals surface area contributed by atoms with E-state index in [1.165, 1.54) is 24.3 Å². The van der Waals surface area contributed by atoms with Crippen LogP contribution in [0.25, 0.3) is 0 Å². The van der Waals surface area contributed by atoms with E-state index in [2.05, 4.69) is 10.0 Å². The van der Waals surface area contributed by atoms with E-state index >= 15 is 0 Å². The fourth-order valence-electron chi connectivity index (χ4n) is 2.75. The SMILES string of the molecule is CSc1cccc(NS(=O)c2cc(F)ccc2NC(C)c2ccccc2F)c1. The highest BCUT2D eigenvalue weighted by molar-refractivity contribution is 7.98. The molecule has 146 valence electrons. The highest BCUT2D eigenvalue weighted by atomic mass is 32.2. The molecule has 3 aromatic rings. The number of thioether (sulfide) groups is 1. The number of rotatable bonds is 7. The summed E-state index contributed by atoms with van der Waals surface area (Å²) >= 11 is 1.57. The van der Waals surface area contributed by atoms with Gasteiger partial charge < -0.3 is 10.0 Å². The summed E-state index contributed by atoms with van der Waals surface area (Å²) in [6.45, 7) is 1.80. The molecule has 2 N–H and O–H groups in total. The zero-order chi connectivity index (χ0) is 20.1. The summed E-state index contributed by atoms with van der Waals surface area (Å²) in [7, 11) is -1.70. The molecule has 7 heteroatoms. The smallest absolute Gasteiger partial charge is 0.152 e. The van der Waals surface area contributed by atoms with Crippen molar-refractivity contribution in [1.29, 1.82) is 0 Å². The van der Waals surface area contributed by atoms with Crippen LogP contribution in [0.2, 0.25) is 0 Å². The maximum absolute atomic E-state index is 14.1. The van der Waals surface area contributed by atoms with Crippen molar-refractivity contribution in [2.24, 2.45) is 0 Å². The molecule has 0 saturated heterocycles. The Morgan fingerprint density at radius 2 is 1.79 bits per heavy atom. The van der Waals surface area contributed by atoms with Gasteiger partial charge in [-0.3, -0.25) is 0 Å². The molecule has 0 aliphatic rings. The van der Waals surface area contributed by atoms with Gasteiger partial charge in [0.1, 0.15) is 11.6 Å². The molecule has 0 fully saturated rings. The molecule has 3 rings (SSSR count). The topological polar surface area (TPSA) is 41.1 Å². The van der Waals surface area contributed by atoms with Gasteiger partial charge in [-0.15, -0.1) is 11.8 Å². The van der Waals surface area contributed by atoms with Crippen molar-refractivity contribution in [3.63, 3.8) is 0 Å². The monoisotopic (exact) mass is 418 g/mol. The van der Waals surface area contributed by atoms with E-state index in [1.54, 1.807) is 43.0 Å². The maximum atomic E-state index is 14.1. The summed E-state index contributed by atoms with van der Waals surface area (Å²) in [5.41, 5.74) is 1.62. The van der Waals surface area contributed by atoms with Gasteiger partial charge in [-0.1, -0.05) is 24.3 Å². The Hall–Kier alpha value is -2.38. The predicted octanol–water partition coefficient (Wildman–Crippen LogP) is 5.99. The van der Waals surface area contributed by atoms with Crippen molar-refractivity contribution in [2.45, 2.75) is 22.8 Å². The first kappa shape index (κ1) is 20.4. The van der Waals surface area contributed by atoms with Crippen molar-refractivity contribution in [3.05, 3.63) is 83.9 Å². The molecule has 2 atom stereocenters. The van der Waals surface area contributed by atoms with E-state index in [1.807, 2.05) is 24.5 Å². The van der Waals surface area contributed by atoms with Gasteiger partial charge in [0.2, 0.25) is 0 Å². The number of nitrogens with one attached hydrogen (secondary N) is 2. The Labute approximate surface area is 170 Å². The average molecular weight is 419 g/mol. The van der Waals surface area contributed by atoms with Crippen LogP contribution in [0.3, 0.4) is 0 Å². The van der Waals surface area contributed by atoms with E-state index in [0.717, 1.165) is 4.90 Å². The van der Waals surface area contributed by atoms with Gasteiger partial charge in [0.15, 0.2) is 11.0 Å². The van der Waals surface area contributed by atoms with Crippen molar-refractivity contribution >= 4 is 34.1 Å². The van der Waals surface area contributed by atoms with Gasteiger partial charge in [-0.25, -0.2) is 13.0 Å². The predicted molar refractivity (Wildman–Crippen MR) is 113 cm³/mol. The first-order valence-corrected chi connectivity index (χ1v) is 11.0. The highest BCUT2D eigenvalue weighted by Gasteiger charge is 2.16. The first-order chi connectivity index (χ1) is 13.5. The van der Waals surface area contributed by atoms with Crippen LogP contribution < -0.4 is 10.0 Å². The summed E-state index contributed by atoms with van der Waals surface area (Å²) in [6.07, 6.45) is 1.95. The molecule has 2 unspecified atom stereocenters. The fourth-order valence-corrected chi connectivity index (χ4v) is 4.21. The molecule has 28 heavy (non-hydrogen) atoms.